The molecule has 76 valence electrons. The molecular formula is C11H20O2. The first kappa shape index (κ1) is 10.6. The SMILES string of the molecule is COC(=O)C1CCC(C)(C)CC1C. The third kappa shape index (κ3) is 2.45. The second-order valence-electron chi connectivity index (χ2n) is 5.01. The van der Waals surface area contributed by atoms with E-state index in [4.69, 9.17) is 4.74 Å². The summed E-state index contributed by atoms with van der Waals surface area (Å²) in [6.45, 7) is 6.70. The van der Waals surface area contributed by atoms with E-state index in [0.717, 1.165) is 19.3 Å². The molecule has 0 saturated heterocycles. The third-order valence-electron chi connectivity index (χ3n) is 3.20. The Hall–Kier alpha value is -0.530. The van der Waals surface area contributed by atoms with E-state index in [1.165, 1.54) is 7.11 Å². The number of ether oxygens (including phenoxy) is 1. The molecule has 1 aliphatic rings. The highest BCUT2D eigenvalue weighted by atomic mass is 16.5. The number of rotatable bonds is 1. The second kappa shape index (κ2) is 3.69. The Bertz CT molecular complexity index is 196. The van der Waals surface area contributed by atoms with Gasteiger partial charge in [-0.3, -0.25) is 4.79 Å². The van der Waals surface area contributed by atoms with Crippen molar-refractivity contribution in [1.82, 2.24) is 0 Å². The highest BCUT2D eigenvalue weighted by Crippen LogP contribution is 2.41. The lowest BCUT2D eigenvalue weighted by Gasteiger charge is -2.37. The van der Waals surface area contributed by atoms with Crippen molar-refractivity contribution in [3.8, 4) is 0 Å². The fourth-order valence-corrected chi connectivity index (χ4v) is 2.45. The van der Waals surface area contributed by atoms with Crippen molar-refractivity contribution in [3.05, 3.63) is 0 Å². The van der Waals surface area contributed by atoms with E-state index < -0.39 is 0 Å². The molecule has 1 fully saturated rings. The van der Waals surface area contributed by atoms with Gasteiger partial charge in [0.05, 0.1) is 13.0 Å². The summed E-state index contributed by atoms with van der Waals surface area (Å²) in [6.07, 6.45) is 3.25. The summed E-state index contributed by atoms with van der Waals surface area (Å²) in [5.41, 5.74) is 0.407. The molecule has 1 rings (SSSR count). The summed E-state index contributed by atoms with van der Waals surface area (Å²) in [5, 5.41) is 0. The van der Waals surface area contributed by atoms with Crippen molar-refractivity contribution >= 4 is 5.97 Å². The number of hydrogen-bond donors (Lipinski definition) is 0. The van der Waals surface area contributed by atoms with Gasteiger partial charge in [-0.25, -0.2) is 0 Å². The van der Waals surface area contributed by atoms with E-state index in [9.17, 15) is 4.79 Å². The maximum absolute atomic E-state index is 11.4. The number of esters is 1. The molecule has 1 saturated carbocycles. The van der Waals surface area contributed by atoms with Gasteiger partial charge in [0.25, 0.3) is 0 Å². The van der Waals surface area contributed by atoms with Crippen LogP contribution in [0.2, 0.25) is 0 Å². The van der Waals surface area contributed by atoms with E-state index in [-0.39, 0.29) is 11.9 Å². The summed E-state index contributed by atoms with van der Waals surface area (Å²) in [6, 6.07) is 0. The minimum absolute atomic E-state index is 0.0250. The van der Waals surface area contributed by atoms with Crippen molar-refractivity contribution in [2.45, 2.75) is 40.0 Å². The van der Waals surface area contributed by atoms with Gasteiger partial charge in [-0.05, 0) is 30.6 Å². The monoisotopic (exact) mass is 184 g/mol. The largest absolute Gasteiger partial charge is 0.469 e. The molecule has 0 amide bonds. The van der Waals surface area contributed by atoms with Crippen molar-refractivity contribution in [2.24, 2.45) is 17.3 Å². The third-order valence-corrected chi connectivity index (χ3v) is 3.20. The van der Waals surface area contributed by atoms with E-state index in [2.05, 4.69) is 20.8 Å². The highest BCUT2D eigenvalue weighted by molar-refractivity contribution is 5.72. The van der Waals surface area contributed by atoms with Crippen molar-refractivity contribution in [2.75, 3.05) is 7.11 Å². The Balaban J connectivity index is 2.58. The summed E-state index contributed by atoms with van der Waals surface area (Å²) in [5.74, 6) is 0.581. The average Bonchev–Trinajstić information content (AvgIpc) is 2.01. The molecule has 0 N–H and O–H groups in total. The zero-order valence-electron chi connectivity index (χ0n) is 9.09. The fourth-order valence-electron chi connectivity index (χ4n) is 2.45. The molecule has 0 aliphatic heterocycles. The van der Waals surface area contributed by atoms with Gasteiger partial charge in [0.1, 0.15) is 0 Å². The topological polar surface area (TPSA) is 26.3 Å². The molecule has 2 atom stereocenters. The Kier molecular flexibility index (Phi) is 2.99. The zero-order chi connectivity index (χ0) is 10.1. The van der Waals surface area contributed by atoms with Gasteiger partial charge < -0.3 is 4.74 Å². The van der Waals surface area contributed by atoms with Crippen LogP contribution in [-0.2, 0) is 9.53 Å². The van der Waals surface area contributed by atoms with Crippen molar-refractivity contribution in [3.63, 3.8) is 0 Å². The van der Waals surface area contributed by atoms with Gasteiger partial charge in [0.2, 0.25) is 0 Å². The van der Waals surface area contributed by atoms with Gasteiger partial charge in [-0.2, -0.15) is 0 Å². The molecule has 2 heteroatoms. The number of carbonyl (C=O) groups is 1. The van der Waals surface area contributed by atoms with E-state index in [1.807, 2.05) is 0 Å². The standard InChI is InChI=1S/C11H20O2/c1-8-7-11(2,3)6-5-9(8)10(12)13-4/h8-9H,5-7H2,1-4H3. The van der Waals surface area contributed by atoms with Gasteiger partial charge >= 0.3 is 5.97 Å². The van der Waals surface area contributed by atoms with Crippen LogP contribution in [0.1, 0.15) is 40.0 Å². The van der Waals surface area contributed by atoms with Crippen molar-refractivity contribution in [1.29, 1.82) is 0 Å². The van der Waals surface area contributed by atoms with Crippen LogP contribution in [0.15, 0.2) is 0 Å². The molecule has 13 heavy (non-hydrogen) atoms. The first-order valence-corrected chi connectivity index (χ1v) is 5.04. The van der Waals surface area contributed by atoms with Crippen LogP contribution >= 0.6 is 0 Å². The van der Waals surface area contributed by atoms with Gasteiger partial charge in [-0.15, -0.1) is 0 Å². The summed E-state index contributed by atoms with van der Waals surface area (Å²) >= 11 is 0. The van der Waals surface area contributed by atoms with Crippen molar-refractivity contribution < 1.29 is 9.53 Å². The molecule has 2 nitrogen and oxygen atoms in total. The van der Waals surface area contributed by atoms with Crippen LogP contribution < -0.4 is 0 Å². The summed E-state index contributed by atoms with van der Waals surface area (Å²) in [4.78, 5) is 11.4. The summed E-state index contributed by atoms with van der Waals surface area (Å²) in [7, 11) is 1.48. The number of hydrogen-bond acceptors (Lipinski definition) is 2. The fraction of sp³-hybridized carbons (Fsp3) is 0.909. The predicted octanol–water partition coefficient (Wildman–Crippen LogP) is 2.62. The molecule has 0 aromatic carbocycles. The van der Waals surface area contributed by atoms with Gasteiger partial charge in [0.15, 0.2) is 0 Å². The summed E-state index contributed by atoms with van der Waals surface area (Å²) < 4.78 is 4.79. The quantitative estimate of drug-likeness (QED) is 0.585. The van der Waals surface area contributed by atoms with Crippen LogP contribution in [0.3, 0.4) is 0 Å². The zero-order valence-corrected chi connectivity index (χ0v) is 9.09. The van der Waals surface area contributed by atoms with Crippen LogP contribution in [0.4, 0.5) is 0 Å². The molecule has 2 unspecified atom stereocenters. The Morgan fingerprint density at radius 2 is 2.08 bits per heavy atom. The molecule has 0 aromatic heterocycles. The Morgan fingerprint density at radius 1 is 1.46 bits per heavy atom. The maximum atomic E-state index is 11.4. The molecular weight excluding hydrogens is 164 g/mol. The Morgan fingerprint density at radius 3 is 2.54 bits per heavy atom. The first-order chi connectivity index (χ1) is 5.96. The second-order valence-corrected chi connectivity index (χ2v) is 5.01. The Labute approximate surface area is 80.7 Å². The minimum Gasteiger partial charge on any atom is -0.469 e. The average molecular weight is 184 g/mol. The lowest BCUT2D eigenvalue weighted by atomic mass is 9.68. The minimum atomic E-state index is -0.0250. The maximum Gasteiger partial charge on any atom is 0.308 e. The number of carbonyl (C=O) groups excluding carboxylic acids is 1. The van der Waals surface area contributed by atoms with Crippen LogP contribution in [-0.4, -0.2) is 13.1 Å². The molecule has 0 spiro atoms. The van der Waals surface area contributed by atoms with Crippen LogP contribution in [0.5, 0.6) is 0 Å². The van der Waals surface area contributed by atoms with Gasteiger partial charge in [-0.1, -0.05) is 20.8 Å². The lowest BCUT2D eigenvalue weighted by molar-refractivity contribution is -0.149. The van der Waals surface area contributed by atoms with Crippen LogP contribution in [0, 0.1) is 17.3 Å². The molecule has 0 bridgehead atoms. The first-order valence-electron chi connectivity index (χ1n) is 5.04. The molecule has 0 heterocycles. The number of methoxy groups -OCH3 is 1. The predicted molar refractivity (Wildman–Crippen MR) is 52.3 cm³/mol. The van der Waals surface area contributed by atoms with E-state index >= 15 is 0 Å². The van der Waals surface area contributed by atoms with Gasteiger partial charge in [0, 0.05) is 0 Å². The van der Waals surface area contributed by atoms with Crippen LogP contribution in [0.25, 0.3) is 0 Å². The molecule has 1 aliphatic carbocycles. The highest BCUT2D eigenvalue weighted by Gasteiger charge is 2.36. The van der Waals surface area contributed by atoms with E-state index in [1.54, 1.807) is 0 Å². The van der Waals surface area contributed by atoms with E-state index in [0.29, 0.717) is 11.3 Å². The molecule has 0 aromatic rings. The smallest absolute Gasteiger partial charge is 0.308 e. The normalized spacial score (nSPS) is 32.6. The molecule has 0 radical (unpaired) electrons. The lowest BCUT2D eigenvalue weighted by Crippen LogP contribution is -2.33.